The van der Waals surface area contributed by atoms with Crippen LogP contribution in [0.15, 0.2) is 59.1 Å². The smallest absolute Gasteiger partial charge is 0.414 e. The molecular formula is C21H23BrN2O6. The Morgan fingerprint density at radius 2 is 1.43 bits per heavy atom. The van der Waals surface area contributed by atoms with Crippen LogP contribution in [0.25, 0.3) is 0 Å². The largest absolute Gasteiger partial charge is 0.484 e. The third-order valence-electron chi connectivity index (χ3n) is 4.33. The first-order chi connectivity index (χ1) is 14.3. The molecule has 0 aromatic heterocycles. The average Bonchev–Trinajstić information content (AvgIpc) is 2.75. The minimum Gasteiger partial charge on any atom is -0.484 e. The molecule has 8 nitrogen and oxygen atoms in total. The standard InChI is InChI=1S/C19H21BrN2O2.C2H2O4/c20-17-6-8-18(9-7-17)24-15-19(23)22-12-10-21(11-13-22)14-16-4-2-1-3-5-16;3-1(4)2(5)6/h1-9H,10-15H2;(H,3,4)(H,5,6). The summed E-state index contributed by atoms with van der Waals surface area (Å²) < 4.78 is 6.57. The van der Waals surface area contributed by atoms with E-state index < -0.39 is 11.9 Å². The van der Waals surface area contributed by atoms with Crippen molar-refractivity contribution in [1.82, 2.24) is 9.80 Å². The van der Waals surface area contributed by atoms with Crippen LogP contribution in [0.4, 0.5) is 0 Å². The van der Waals surface area contributed by atoms with Gasteiger partial charge >= 0.3 is 11.9 Å². The minimum atomic E-state index is -1.82. The molecule has 1 heterocycles. The number of carboxylic acid groups (broad SMARTS) is 2. The summed E-state index contributed by atoms with van der Waals surface area (Å²) in [5.74, 6) is -2.88. The van der Waals surface area contributed by atoms with Gasteiger partial charge in [0.2, 0.25) is 0 Å². The predicted molar refractivity (Wildman–Crippen MR) is 113 cm³/mol. The average molecular weight is 479 g/mol. The van der Waals surface area contributed by atoms with Crippen LogP contribution in [-0.4, -0.2) is 70.6 Å². The Kier molecular flexibility index (Phi) is 9.30. The molecule has 0 atom stereocenters. The molecule has 2 aromatic carbocycles. The zero-order valence-corrected chi connectivity index (χ0v) is 17.8. The van der Waals surface area contributed by atoms with E-state index in [1.807, 2.05) is 35.2 Å². The van der Waals surface area contributed by atoms with E-state index in [1.54, 1.807) is 0 Å². The number of aliphatic carboxylic acids is 2. The third-order valence-corrected chi connectivity index (χ3v) is 4.86. The van der Waals surface area contributed by atoms with Crippen molar-refractivity contribution in [2.24, 2.45) is 0 Å². The van der Waals surface area contributed by atoms with E-state index in [0.717, 1.165) is 37.2 Å². The Morgan fingerprint density at radius 1 is 0.867 bits per heavy atom. The third kappa shape index (κ3) is 8.22. The van der Waals surface area contributed by atoms with Gasteiger partial charge in [0, 0.05) is 37.2 Å². The fourth-order valence-electron chi connectivity index (χ4n) is 2.76. The predicted octanol–water partition coefficient (Wildman–Crippen LogP) is 2.33. The quantitative estimate of drug-likeness (QED) is 0.634. The SMILES string of the molecule is O=C(COc1ccc(Br)cc1)N1CCN(Cc2ccccc2)CC1.O=C(O)C(=O)O. The molecule has 1 aliphatic rings. The van der Waals surface area contributed by atoms with Crippen LogP contribution < -0.4 is 4.74 Å². The molecule has 2 aromatic rings. The van der Waals surface area contributed by atoms with Gasteiger partial charge in [-0.25, -0.2) is 9.59 Å². The van der Waals surface area contributed by atoms with E-state index in [-0.39, 0.29) is 12.5 Å². The molecule has 2 N–H and O–H groups in total. The molecule has 0 unspecified atom stereocenters. The van der Waals surface area contributed by atoms with Gasteiger partial charge in [0.05, 0.1) is 0 Å². The molecule has 1 amide bonds. The van der Waals surface area contributed by atoms with Crippen LogP contribution in [0.2, 0.25) is 0 Å². The summed E-state index contributed by atoms with van der Waals surface area (Å²) in [6, 6.07) is 18.0. The van der Waals surface area contributed by atoms with Gasteiger partial charge in [0.1, 0.15) is 5.75 Å². The molecule has 1 saturated heterocycles. The molecule has 1 aliphatic heterocycles. The van der Waals surface area contributed by atoms with Crippen LogP contribution in [0.1, 0.15) is 5.56 Å². The number of carboxylic acids is 2. The number of nitrogens with zero attached hydrogens (tertiary/aromatic N) is 2. The summed E-state index contributed by atoms with van der Waals surface area (Å²) in [7, 11) is 0. The zero-order valence-electron chi connectivity index (χ0n) is 16.2. The van der Waals surface area contributed by atoms with Crippen molar-refractivity contribution in [3.8, 4) is 5.75 Å². The molecule has 3 rings (SSSR count). The van der Waals surface area contributed by atoms with Gasteiger partial charge in [-0.3, -0.25) is 9.69 Å². The number of hydrogen-bond donors (Lipinski definition) is 2. The molecule has 0 radical (unpaired) electrons. The van der Waals surface area contributed by atoms with Gasteiger partial charge < -0.3 is 19.8 Å². The van der Waals surface area contributed by atoms with Crippen molar-refractivity contribution in [2.45, 2.75) is 6.54 Å². The number of hydrogen-bond acceptors (Lipinski definition) is 5. The summed E-state index contributed by atoms with van der Waals surface area (Å²) in [5, 5.41) is 14.8. The number of piperazine rings is 1. The molecular weight excluding hydrogens is 456 g/mol. The first kappa shape index (κ1) is 23.4. The van der Waals surface area contributed by atoms with Crippen molar-refractivity contribution < 1.29 is 29.3 Å². The maximum absolute atomic E-state index is 12.3. The fourth-order valence-corrected chi connectivity index (χ4v) is 3.03. The fraction of sp³-hybridized carbons (Fsp3) is 0.286. The topological polar surface area (TPSA) is 107 Å². The molecule has 0 spiro atoms. The first-order valence-corrected chi connectivity index (χ1v) is 10.0. The van der Waals surface area contributed by atoms with E-state index in [0.29, 0.717) is 5.75 Å². The van der Waals surface area contributed by atoms with E-state index in [4.69, 9.17) is 24.5 Å². The van der Waals surface area contributed by atoms with E-state index >= 15 is 0 Å². The van der Waals surface area contributed by atoms with Gasteiger partial charge in [0.25, 0.3) is 5.91 Å². The Morgan fingerprint density at radius 3 is 1.97 bits per heavy atom. The minimum absolute atomic E-state index is 0.0530. The van der Waals surface area contributed by atoms with Crippen LogP contribution in [0, 0.1) is 0 Å². The van der Waals surface area contributed by atoms with Gasteiger partial charge in [-0.15, -0.1) is 0 Å². The lowest BCUT2D eigenvalue weighted by Gasteiger charge is -2.34. The Balaban J connectivity index is 0.000000469. The second-order valence-corrected chi connectivity index (χ2v) is 7.41. The second kappa shape index (κ2) is 11.9. The number of carbonyl (C=O) groups is 3. The van der Waals surface area contributed by atoms with Crippen molar-refractivity contribution in [1.29, 1.82) is 0 Å². The normalized spacial score (nSPS) is 13.7. The molecule has 0 aliphatic carbocycles. The maximum Gasteiger partial charge on any atom is 0.414 e. The van der Waals surface area contributed by atoms with Crippen molar-refractivity contribution in [2.75, 3.05) is 32.8 Å². The van der Waals surface area contributed by atoms with E-state index in [1.165, 1.54) is 5.56 Å². The van der Waals surface area contributed by atoms with Gasteiger partial charge in [0.15, 0.2) is 6.61 Å². The van der Waals surface area contributed by atoms with Gasteiger partial charge in [-0.2, -0.15) is 0 Å². The molecule has 0 bridgehead atoms. The monoisotopic (exact) mass is 478 g/mol. The highest BCUT2D eigenvalue weighted by Gasteiger charge is 2.21. The summed E-state index contributed by atoms with van der Waals surface area (Å²) in [4.78, 5) is 34.7. The highest BCUT2D eigenvalue weighted by atomic mass is 79.9. The summed E-state index contributed by atoms with van der Waals surface area (Å²) in [6.07, 6.45) is 0. The number of ether oxygens (including phenoxy) is 1. The number of amides is 1. The molecule has 160 valence electrons. The number of rotatable bonds is 5. The lowest BCUT2D eigenvalue weighted by atomic mass is 10.2. The first-order valence-electron chi connectivity index (χ1n) is 9.24. The lowest BCUT2D eigenvalue weighted by molar-refractivity contribution is -0.159. The van der Waals surface area contributed by atoms with Crippen LogP contribution in [-0.2, 0) is 20.9 Å². The molecule has 0 saturated carbocycles. The summed E-state index contributed by atoms with van der Waals surface area (Å²) in [6.45, 7) is 4.36. The number of benzene rings is 2. The maximum atomic E-state index is 12.3. The molecule has 30 heavy (non-hydrogen) atoms. The number of carbonyl (C=O) groups excluding carboxylic acids is 1. The van der Waals surface area contributed by atoms with E-state index in [9.17, 15) is 4.79 Å². The van der Waals surface area contributed by atoms with Gasteiger partial charge in [-0.05, 0) is 29.8 Å². The highest BCUT2D eigenvalue weighted by molar-refractivity contribution is 9.10. The van der Waals surface area contributed by atoms with Crippen molar-refractivity contribution in [3.05, 3.63) is 64.6 Å². The van der Waals surface area contributed by atoms with Crippen molar-refractivity contribution in [3.63, 3.8) is 0 Å². The van der Waals surface area contributed by atoms with Crippen LogP contribution >= 0.6 is 15.9 Å². The summed E-state index contributed by atoms with van der Waals surface area (Å²) >= 11 is 3.38. The number of halogens is 1. The van der Waals surface area contributed by atoms with E-state index in [2.05, 4.69) is 45.1 Å². The lowest BCUT2D eigenvalue weighted by Crippen LogP contribution is -2.49. The van der Waals surface area contributed by atoms with Crippen molar-refractivity contribution >= 4 is 33.8 Å². The Labute approximate surface area is 182 Å². The Bertz CT molecular complexity index is 824. The summed E-state index contributed by atoms with van der Waals surface area (Å²) in [5.41, 5.74) is 1.32. The van der Waals surface area contributed by atoms with Crippen LogP contribution in [0.3, 0.4) is 0 Å². The highest BCUT2D eigenvalue weighted by Crippen LogP contribution is 2.16. The van der Waals surface area contributed by atoms with Crippen LogP contribution in [0.5, 0.6) is 5.75 Å². The second-order valence-electron chi connectivity index (χ2n) is 6.50. The zero-order chi connectivity index (χ0) is 21.9. The Hall–Kier alpha value is -2.91. The molecule has 1 fully saturated rings. The molecule has 9 heteroatoms. The van der Waals surface area contributed by atoms with Gasteiger partial charge in [-0.1, -0.05) is 46.3 Å².